The van der Waals surface area contributed by atoms with E-state index in [0.717, 1.165) is 23.7 Å². The van der Waals surface area contributed by atoms with Crippen LogP contribution in [-0.2, 0) is 9.59 Å². The van der Waals surface area contributed by atoms with Gasteiger partial charge in [-0.05, 0) is 24.6 Å². The van der Waals surface area contributed by atoms with Crippen molar-refractivity contribution in [1.82, 2.24) is 14.7 Å². The summed E-state index contributed by atoms with van der Waals surface area (Å²) in [4.78, 5) is 42.3. The largest absolute Gasteiger partial charge is 0.368 e. The Morgan fingerprint density at radius 2 is 1.83 bits per heavy atom. The SMILES string of the molecule is Cc1cccc(N2CCN(C(=O)CN3C(=O)CN(C)C3=O)CC2)c1. The molecule has 128 valence electrons. The van der Waals surface area contributed by atoms with Crippen LogP contribution < -0.4 is 4.90 Å². The van der Waals surface area contributed by atoms with Crippen molar-refractivity contribution in [1.29, 1.82) is 0 Å². The van der Waals surface area contributed by atoms with Crippen molar-refractivity contribution in [2.45, 2.75) is 6.92 Å². The smallest absolute Gasteiger partial charge is 0.327 e. The van der Waals surface area contributed by atoms with Gasteiger partial charge in [0, 0.05) is 38.9 Å². The van der Waals surface area contributed by atoms with Gasteiger partial charge in [0.1, 0.15) is 13.1 Å². The van der Waals surface area contributed by atoms with E-state index in [0.29, 0.717) is 13.1 Å². The molecule has 0 saturated carbocycles. The van der Waals surface area contributed by atoms with Gasteiger partial charge in [0.15, 0.2) is 0 Å². The third kappa shape index (κ3) is 3.20. The average Bonchev–Trinajstić information content (AvgIpc) is 2.81. The standard InChI is InChI=1S/C17H22N4O3/c1-13-4-3-5-14(10-13)19-6-8-20(9-7-19)15(22)12-21-16(23)11-18(2)17(21)24/h3-5,10H,6-9,11-12H2,1-2H3. The van der Waals surface area contributed by atoms with Crippen LogP contribution in [-0.4, -0.2) is 78.9 Å². The number of nitrogens with zero attached hydrogens (tertiary/aromatic N) is 4. The zero-order valence-electron chi connectivity index (χ0n) is 14.1. The number of carbonyl (C=O) groups is 3. The molecule has 2 aliphatic heterocycles. The molecule has 2 saturated heterocycles. The fourth-order valence-electron chi connectivity index (χ4n) is 3.10. The topological polar surface area (TPSA) is 64.2 Å². The Bertz CT molecular complexity index is 668. The van der Waals surface area contributed by atoms with Gasteiger partial charge in [-0.3, -0.25) is 14.5 Å². The zero-order chi connectivity index (χ0) is 17.3. The second-order valence-electron chi connectivity index (χ2n) is 6.33. The van der Waals surface area contributed by atoms with Crippen LogP contribution in [0.4, 0.5) is 10.5 Å². The highest BCUT2D eigenvalue weighted by Crippen LogP contribution is 2.18. The minimum Gasteiger partial charge on any atom is -0.368 e. The van der Waals surface area contributed by atoms with E-state index >= 15 is 0 Å². The van der Waals surface area contributed by atoms with Gasteiger partial charge >= 0.3 is 6.03 Å². The van der Waals surface area contributed by atoms with Gasteiger partial charge in [-0.25, -0.2) is 4.79 Å². The molecule has 1 aromatic rings. The number of piperazine rings is 1. The lowest BCUT2D eigenvalue weighted by atomic mass is 10.2. The highest BCUT2D eigenvalue weighted by Gasteiger charge is 2.36. The van der Waals surface area contributed by atoms with Gasteiger partial charge in [-0.1, -0.05) is 12.1 Å². The molecule has 0 N–H and O–H groups in total. The first kappa shape index (κ1) is 16.3. The number of hydrogen-bond acceptors (Lipinski definition) is 4. The maximum absolute atomic E-state index is 12.4. The van der Waals surface area contributed by atoms with Gasteiger partial charge in [0.25, 0.3) is 5.91 Å². The molecule has 24 heavy (non-hydrogen) atoms. The van der Waals surface area contributed by atoms with Crippen LogP contribution in [0.1, 0.15) is 5.56 Å². The molecule has 0 atom stereocenters. The second-order valence-corrected chi connectivity index (χ2v) is 6.33. The number of benzene rings is 1. The van der Waals surface area contributed by atoms with Crippen molar-refractivity contribution >= 4 is 23.5 Å². The van der Waals surface area contributed by atoms with Crippen molar-refractivity contribution in [3.8, 4) is 0 Å². The van der Waals surface area contributed by atoms with Gasteiger partial charge in [0.2, 0.25) is 5.91 Å². The van der Waals surface area contributed by atoms with Crippen LogP contribution in [0.2, 0.25) is 0 Å². The van der Waals surface area contributed by atoms with Crippen molar-refractivity contribution in [3.05, 3.63) is 29.8 Å². The lowest BCUT2D eigenvalue weighted by Crippen LogP contribution is -2.52. The molecule has 1 aromatic carbocycles. The van der Waals surface area contributed by atoms with E-state index < -0.39 is 6.03 Å². The highest BCUT2D eigenvalue weighted by molar-refractivity contribution is 6.04. The minimum atomic E-state index is -0.397. The van der Waals surface area contributed by atoms with Gasteiger partial charge in [0.05, 0.1) is 0 Å². The third-order valence-corrected chi connectivity index (χ3v) is 4.52. The summed E-state index contributed by atoms with van der Waals surface area (Å²) in [5, 5.41) is 0. The maximum Gasteiger partial charge on any atom is 0.327 e. The summed E-state index contributed by atoms with van der Waals surface area (Å²) in [7, 11) is 1.56. The Balaban J connectivity index is 1.56. The lowest BCUT2D eigenvalue weighted by molar-refractivity contribution is -0.136. The molecule has 4 amide bonds. The molecule has 7 heteroatoms. The molecule has 2 fully saturated rings. The van der Waals surface area contributed by atoms with Crippen LogP contribution in [0.3, 0.4) is 0 Å². The molecule has 0 aliphatic carbocycles. The quantitative estimate of drug-likeness (QED) is 0.759. The number of anilines is 1. The predicted molar refractivity (Wildman–Crippen MR) is 89.7 cm³/mol. The number of likely N-dealkylation sites (N-methyl/N-ethyl adjacent to an activating group) is 1. The molecule has 2 aliphatic rings. The fraction of sp³-hybridized carbons (Fsp3) is 0.471. The number of amides is 4. The van der Waals surface area contributed by atoms with Crippen LogP contribution in [0.15, 0.2) is 24.3 Å². The van der Waals surface area contributed by atoms with Crippen LogP contribution in [0.5, 0.6) is 0 Å². The Morgan fingerprint density at radius 1 is 1.12 bits per heavy atom. The van der Waals surface area contributed by atoms with E-state index in [2.05, 4.69) is 30.0 Å². The average molecular weight is 330 g/mol. The van der Waals surface area contributed by atoms with Gasteiger partial charge < -0.3 is 14.7 Å². The molecule has 0 bridgehead atoms. The number of hydrogen-bond donors (Lipinski definition) is 0. The second kappa shape index (κ2) is 6.51. The first-order valence-electron chi connectivity index (χ1n) is 8.10. The van der Waals surface area contributed by atoms with Crippen molar-refractivity contribution in [3.63, 3.8) is 0 Å². The molecule has 0 radical (unpaired) electrons. The number of aryl methyl sites for hydroxylation is 1. The molecule has 0 unspecified atom stereocenters. The molecular formula is C17H22N4O3. The summed E-state index contributed by atoms with van der Waals surface area (Å²) in [6.45, 7) is 4.63. The lowest BCUT2D eigenvalue weighted by Gasteiger charge is -2.36. The van der Waals surface area contributed by atoms with E-state index in [9.17, 15) is 14.4 Å². The zero-order valence-corrected chi connectivity index (χ0v) is 14.1. The van der Waals surface area contributed by atoms with Crippen molar-refractivity contribution in [2.24, 2.45) is 0 Å². The van der Waals surface area contributed by atoms with Crippen LogP contribution in [0.25, 0.3) is 0 Å². The summed E-state index contributed by atoms with van der Waals surface area (Å²) in [6.07, 6.45) is 0. The summed E-state index contributed by atoms with van der Waals surface area (Å²) in [5.41, 5.74) is 2.37. The number of urea groups is 1. The van der Waals surface area contributed by atoms with E-state index in [4.69, 9.17) is 0 Å². The summed E-state index contributed by atoms with van der Waals surface area (Å²) in [6, 6.07) is 7.90. The molecule has 3 rings (SSSR count). The monoisotopic (exact) mass is 330 g/mol. The Morgan fingerprint density at radius 3 is 2.42 bits per heavy atom. The summed E-state index contributed by atoms with van der Waals surface area (Å²) < 4.78 is 0. The van der Waals surface area contributed by atoms with E-state index in [-0.39, 0.29) is 24.9 Å². The molecular weight excluding hydrogens is 308 g/mol. The minimum absolute atomic E-state index is 0.0489. The predicted octanol–water partition coefficient (Wildman–Crippen LogP) is 0.538. The van der Waals surface area contributed by atoms with E-state index in [1.54, 1.807) is 11.9 Å². The van der Waals surface area contributed by atoms with Crippen LogP contribution in [0, 0.1) is 6.92 Å². The van der Waals surface area contributed by atoms with Gasteiger partial charge in [-0.15, -0.1) is 0 Å². The van der Waals surface area contributed by atoms with Crippen molar-refractivity contribution in [2.75, 3.05) is 51.2 Å². The fourth-order valence-corrected chi connectivity index (χ4v) is 3.10. The molecule has 0 spiro atoms. The van der Waals surface area contributed by atoms with E-state index in [1.165, 1.54) is 10.5 Å². The highest BCUT2D eigenvalue weighted by atomic mass is 16.2. The molecule has 2 heterocycles. The molecule has 0 aromatic heterocycles. The van der Waals surface area contributed by atoms with Gasteiger partial charge in [-0.2, -0.15) is 0 Å². The van der Waals surface area contributed by atoms with Crippen molar-refractivity contribution < 1.29 is 14.4 Å². The number of carbonyl (C=O) groups excluding carboxylic acids is 3. The Labute approximate surface area is 141 Å². The van der Waals surface area contributed by atoms with Crippen LogP contribution >= 0.6 is 0 Å². The Hall–Kier alpha value is -2.57. The maximum atomic E-state index is 12.4. The Kier molecular flexibility index (Phi) is 4.42. The summed E-state index contributed by atoms with van der Waals surface area (Å²) in [5.74, 6) is -0.481. The number of rotatable bonds is 3. The summed E-state index contributed by atoms with van der Waals surface area (Å²) >= 11 is 0. The molecule has 7 nitrogen and oxygen atoms in total. The van der Waals surface area contributed by atoms with E-state index in [1.807, 2.05) is 6.07 Å². The number of imide groups is 1. The first-order chi connectivity index (χ1) is 11.5. The normalized spacial score (nSPS) is 18.6. The third-order valence-electron chi connectivity index (χ3n) is 4.52. The first-order valence-corrected chi connectivity index (χ1v) is 8.10.